The predicted molar refractivity (Wildman–Crippen MR) is 94.1 cm³/mol. The molecule has 0 spiro atoms. The number of nitrogens with one attached hydrogen (secondary N) is 1. The highest BCUT2D eigenvalue weighted by Gasteiger charge is 2.44. The minimum absolute atomic E-state index is 0.0329. The van der Waals surface area contributed by atoms with Gasteiger partial charge in [0.15, 0.2) is 0 Å². The molecule has 2 atom stereocenters. The molecular weight excluding hydrogens is 319 g/mol. The summed E-state index contributed by atoms with van der Waals surface area (Å²) in [5.74, 6) is -0.203. The molecule has 5 heteroatoms. The zero-order valence-corrected chi connectivity index (χ0v) is 14.0. The molecule has 0 radical (unpaired) electrons. The summed E-state index contributed by atoms with van der Waals surface area (Å²) in [6.07, 6.45) is 1.93. The van der Waals surface area contributed by atoms with Gasteiger partial charge in [-0.1, -0.05) is 12.1 Å². The van der Waals surface area contributed by atoms with Crippen molar-refractivity contribution in [3.63, 3.8) is 0 Å². The molecule has 0 bridgehead atoms. The van der Waals surface area contributed by atoms with Gasteiger partial charge >= 0.3 is 0 Å². The highest BCUT2D eigenvalue weighted by atomic mass is 19.1. The summed E-state index contributed by atoms with van der Waals surface area (Å²) in [4.78, 5) is 25.9. The number of aryl methyl sites for hydroxylation is 1. The zero-order valence-electron chi connectivity index (χ0n) is 14.0. The molecule has 1 heterocycles. The molecule has 1 aliphatic carbocycles. The number of hydrogen-bond acceptors (Lipinski definition) is 2. The predicted octanol–water partition coefficient (Wildman–Crippen LogP) is 3.48. The number of halogens is 1. The van der Waals surface area contributed by atoms with Crippen molar-refractivity contribution in [1.29, 1.82) is 0 Å². The van der Waals surface area contributed by atoms with Crippen molar-refractivity contribution in [2.24, 2.45) is 5.92 Å². The Kier molecular flexibility index (Phi) is 3.79. The summed E-state index contributed by atoms with van der Waals surface area (Å²) in [5, 5.41) is 2.96. The molecule has 2 aliphatic rings. The molecule has 1 fully saturated rings. The Morgan fingerprint density at radius 2 is 2.04 bits per heavy atom. The van der Waals surface area contributed by atoms with Crippen LogP contribution in [-0.2, 0) is 16.0 Å². The first-order chi connectivity index (χ1) is 12.0. The van der Waals surface area contributed by atoms with Crippen LogP contribution in [0.1, 0.15) is 29.9 Å². The normalized spacial score (nSPS) is 21.7. The summed E-state index contributed by atoms with van der Waals surface area (Å²) < 4.78 is 13.3. The van der Waals surface area contributed by atoms with Gasteiger partial charge in [0.05, 0.1) is 0 Å². The van der Waals surface area contributed by atoms with Gasteiger partial charge in [-0.05, 0) is 60.2 Å². The minimum atomic E-state index is -0.267. The van der Waals surface area contributed by atoms with E-state index in [1.54, 1.807) is 18.0 Å². The number of anilines is 2. The van der Waals surface area contributed by atoms with E-state index in [0.717, 1.165) is 28.9 Å². The van der Waals surface area contributed by atoms with Crippen LogP contribution in [0.15, 0.2) is 42.5 Å². The lowest BCUT2D eigenvalue weighted by Gasteiger charge is -2.26. The van der Waals surface area contributed by atoms with Crippen molar-refractivity contribution >= 4 is 23.2 Å². The molecule has 2 aromatic rings. The fourth-order valence-corrected chi connectivity index (χ4v) is 3.56. The van der Waals surface area contributed by atoms with Crippen LogP contribution in [0.5, 0.6) is 0 Å². The van der Waals surface area contributed by atoms with E-state index in [-0.39, 0.29) is 29.5 Å². The standard InChI is InChI=1S/C20H19FN2O2/c1-23-18-7-6-15(10-13(18)5-8-19(23)24)22-20(25)17-11-16(17)12-3-2-4-14(21)9-12/h2-4,6-7,9-10,16-17H,5,8,11H2,1H3,(H,22,25). The Labute approximate surface area is 145 Å². The van der Waals surface area contributed by atoms with Crippen LogP contribution in [0.2, 0.25) is 0 Å². The molecule has 2 unspecified atom stereocenters. The van der Waals surface area contributed by atoms with Gasteiger partial charge in [0.1, 0.15) is 5.82 Å². The molecule has 1 N–H and O–H groups in total. The zero-order chi connectivity index (χ0) is 17.6. The molecule has 1 saturated carbocycles. The molecule has 4 nitrogen and oxygen atoms in total. The minimum Gasteiger partial charge on any atom is -0.326 e. The van der Waals surface area contributed by atoms with Gasteiger partial charge in [0, 0.05) is 30.8 Å². The molecule has 0 aromatic heterocycles. The Hall–Kier alpha value is -2.69. The van der Waals surface area contributed by atoms with E-state index in [1.807, 2.05) is 24.3 Å². The first-order valence-corrected chi connectivity index (χ1v) is 8.49. The average molecular weight is 338 g/mol. The maximum atomic E-state index is 13.3. The van der Waals surface area contributed by atoms with Crippen LogP contribution in [0.3, 0.4) is 0 Å². The summed E-state index contributed by atoms with van der Waals surface area (Å²) in [7, 11) is 1.77. The van der Waals surface area contributed by atoms with E-state index in [9.17, 15) is 14.0 Å². The fraction of sp³-hybridized carbons (Fsp3) is 0.300. The lowest BCUT2D eigenvalue weighted by atomic mass is 10.0. The SMILES string of the molecule is CN1C(=O)CCc2cc(NC(=O)C3CC3c3cccc(F)c3)ccc21. The van der Waals surface area contributed by atoms with Gasteiger partial charge in [-0.15, -0.1) is 0 Å². The van der Waals surface area contributed by atoms with Gasteiger partial charge in [0.25, 0.3) is 0 Å². The molecule has 128 valence electrons. The molecule has 2 amide bonds. The quantitative estimate of drug-likeness (QED) is 0.931. The second-order valence-corrected chi connectivity index (χ2v) is 6.79. The van der Waals surface area contributed by atoms with Crippen LogP contribution in [0.25, 0.3) is 0 Å². The Morgan fingerprint density at radius 1 is 1.20 bits per heavy atom. The number of benzene rings is 2. The Bertz CT molecular complexity index is 865. The lowest BCUT2D eigenvalue weighted by molar-refractivity contribution is -0.119. The van der Waals surface area contributed by atoms with Gasteiger partial charge in [-0.2, -0.15) is 0 Å². The van der Waals surface area contributed by atoms with E-state index in [4.69, 9.17) is 0 Å². The summed E-state index contributed by atoms with van der Waals surface area (Å²) >= 11 is 0. The third kappa shape index (κ3) is 3.02. The van der Waals surface area contributed by atoms with E-state index < -0.39 is 0 Å². The summed E-state index contributed by atoms with van der Waals surface area (Å²) in [6.45, 7) is 0. The molecule has 25 heavy (non-hydrogen) atoms. The number of rotatable bonds is 3. The van der Waals surface area contributed by atoms with Crippen LogP contribution in [-0.4, -0.2) is 18.9 Å². The first kappa shape index (κ1) is 15.8. The third-order valence-corrected chi connectivity index (χ3v) is 5.09. The maximum absolute atomic E-state index is 13.3. The van der Waals surface area contributed by atoms with E-state index in [1.165, 1.54) is 12.1 Å². The number of fused-ring (bicyclic) bond motifs is 1. The highest BCUT2D eigenvalue weighted by molar-refractivity contribution is 5.98. The van der Waals surface area contributed by atoms with Crippen molar-refractivity contribution in [3.8, 4) is 0 Å². The van der Waals surface area contributed by atoms with E-state index in [0.29, 0.717) is 12.8 Å². The Balaban J connectivity index is 1.45. The van der Waals surface area contributed by atoms with Gasteiger partial charge in [-0.3, -0.25) is 9.59 Å². The van der Waals surface area contributed by atoms with Crippen molar-refractivity contribution in [1.82, 2.24) is 0 Å². The largest absolute Gasteiger partial charge is 0.326 e. The molecule has 2 aromatic carbocycles. The van der Waals surface area contributed by atoms with Crippen molar-refractivity contribution in [2.45, 2.75) is 25.2 Å². The van der Waals surface area contributed by atoms with Crippen LogP contribution in [0.4, 0.5) is 15.8 Å². The van der Waals surface area contributed by atoms with Gasteiger partial charge < -0.3 is 10.2 Å². The number of hydrogen-bond donors (Lipinski definition) is 1. The van der Waals surface area contributed by atoms with E-state index >= 15 is 0 Å². The van der Waals surface area contributed by atoms with Crippen molar-refractivity contribution in [3.05, 3.63) is 59.4 Å². The molecule has 0 saturated heterocycles. The summed E-state index contributed by atoms with van der Waals surface area (Å²) in [6, 6.07) is 12.1. The number of amides is 2. The first-order valence-electron chi connectivity index (χ1n) is 8.49. The fourth-order valence-electron chi connectivity index (χ4n) is 3.56. The number of carbonyl (C=O) groups excluding carboxylic acids is 2. The maximum Gasteiger partial charge on any atom is 0.228 e. The number of carbonyl (C=O) groups is 2. The molecule has 4 rings (SSSR count). The van der Waals surface area contributed by atoms with Gasteiger partial charge in [0.2, 0.25) is 11.8 Å². The van der Waals surface area contributed by atoms with Crippen molar-refractivity contribution in [2.75, 3.05) is 17.3 Å². The topological polar surface area (TPSA) is 49.4 Å². The van der Waals surface area contributed by atoms with Gasteiger partial charge in [-0.25, -0.2) is 4.39 Å². The van der Waals surface area contributed by atoms with Crippen LogP contribution < -0.4 is 10.2 Å². The second-order valence-electron chi connectivity index (χ2n) is 6.79. The monoisotopic (exact) mass is 338 g/mol. The van der Waals surface area contributed by atoms with Crippen molar-refractivity contribution < 1.29 is 14.0 Å². The smallest absolute Gasteiger partial charge is 0.228 e. The highest BCUT2D eigenvalue weighted by Crippen LogP contribution is 2.48. The molecule has 1 aliphatic heterocycles. The molecular formula is C20H19FN2O2. The summed E-state index contributed by atoms with van der Waals surface area (Å²) in [5.41, 5.74) is 3.60. The average Bonchev–Trinajstić information content (AvgIpc) is 3.39. The number of nitrogens with zero attached hydrogens (tertiary/aromatic N) is 1. The lowest BCUT2D eigenvalue weighted by Crippen LogP contribution is -2.31. The van der Waals surface area contributed by atoms with E-state index in [2.05, 4.69) is 5.32 Å². The van der Waals surface area contributed by atoms with Crippen LogP contribution in [0, 0.1) is 11.7 Å². The van der Waals surface area contributed by atoms with Crippen LogP contribution >= 0.6 is 0 Å². The third-order valence-electron chi connectivity index (χ3n) is 5.09. The second kappa shape index (κ2) is 5.99. The Morgan fingerprint density at radius 3 is 2.84 bits per heavy atom.